The molecule has 0 aliphatic rings. The summed E-state index contributed by atoms with van der Waals surface area (Å²) in [5, 5.41) is 9.02. The lowest BCUT2D eigenvalue weighted by Crippen LogP contribution is -2.19. The normalized spacial score (nSPS) is 10.2. The van der Waals surface area contributed by atoms with Crippen LogP contribution in [0.5, 0.6) is 5.75 Å². The van der Waals surface area contributed by atoms with Crippen LogP contribution < -0.4 is 10.1 Å². The first-order chi connectivity index (χ1) is 8.27. The molecule has 6 nitrogen and oxygen atoms in total. The Kier molecular flexibility index (Phi) is 6.09. The highest BCUT2D eigenvalue weighted by Gasteiger charge is 2.08. The SMILES string of the molecule is CCCCCOCC(=O)Nc1[nH]ncc1OC. The van der Waals surface area contributed by atoms with Gasteiger partial charge in [-0.05, 0) is 6.42 Å². The Balaban J connectivity index is 2.21. The molecule has 0 unspecified atom stereocenters. The molecule has 1 aromatic rings. The Hall–Kier alpha value is -1.56. The summed E-state index contributed by atoms with van der Waals surface area (Å²) in [6.45, 7) is 2.78. The predicted molar refractivity (Wildman–Crippen MR) is 64.1 cm³/mol. The van der Waals surface area contributed by atoms with Gasteiger partial charge < -0.3 is 14.8 Å². The fraction of sp³-hybridized carbons (Fsp3) is 0.636. The van der Waals surface area contributed by atoms with Gasteiger partial charge in [0.15, 0.2) is 11.6 Å². The number of hydrogen-bond acceptors (Lipinski definition) is 4. The molecular weight excluding hydrogens is 222 g/mol. The molecule has 1 aromatic heterocycles. The Bertz CT molecular complexity index is 338. The highest BCUT2D eigenvalue weighted by molar-refractivity contribution is 5.91. The third-order valence-corrected chi connectivity index (χ3v) is 2.21. The maximum Gasteiger partial charge on any atom is 0.251 e. The Labute approximate surface area is 101 Å². The molecule has 0 radical (unpaired) electrons. The molecule has 17 heavy (non-hydrogen) atoms. The highest BCUT2D eigenvalue weighted by atomic mass is 16.5. The summed E-state index contributed by atoms with van der Waals surface area (Å²) in [7, 11) is 1.52. The monoisotopic (exact) mass is 241 g/mol. The fourth-order valence-electron chi connectivity index (χ4n) is 1.31. The molecule has 1 rings (SSSR count). The molecule has 1 heterocycles. The summed E-state index contributed by atoms with van der Waals surface area (Å²) in [4.78, 5) is 11.5. The summed E-state index contributed by atoms with van der Waals surface area (Å²) in [6, 6.07) is 0. The number of ether oxygens (including phenoxy) is 2. The zero-order valence-electron chi connectivity index (χ0n) is 10.3. The molecule has 0 aliphatic heterocycles. The second-order valence-corrected chi connectivity index (χ2v) is 3.62. The summed E-state index contributed by atoms with van der Waals surface area (Å²) in [6.07, 6.45) is 4.74. The van der Waals surface area contributed by atoms with Crippen molar-refractivity contribution in [3.05, 3.63) is 6.20 Å². The topological polar surface area (TPSA) is 76.2 Å². The van der Waals surface area contributed by atoms with Crippen LogP contribution in [0.2, 0.25) is 0 Å². The van der Waals surface area contributed by atoms with E-state index in [0.29, 0.717) is 18.2 Å². The number of aromatic nitrogens is 2. The average Bonchev–Trinajstić information content (AvgIpc) is 2.76. The number of unbranched alkanes of at least 4 members (excludes halogenated alkanes) is 2. The predicted octanol–water partition coefficient (Wildman–Crippen LogP) is 1.56. The van der Waals surface area contributed by atoms with Crippen LogP contribution in [0.15, 0.2) is 6.20 Å². The molecule has 0 aliphatic carbocycles. The van der Waals surface area contributed by atoms with E-state index in [-0.39, 0.29) is 12.5 Å². The number of H-pyrrole nitrogens is 1. The lowest BCUT2D eigenvalue weighted by Gasteiger charge is -2.05. The van der Waals surface area contributed by atoms with E-state index in [4.69, 9.17) is 9.47 Å². The van der Waals surface area contributed by atoms with Crippen LogP contribution >= 0.6 is 0 Å². The Morgan fingerprint density at radius 3 is 3.06 bits per heavy atom. The van der Waals surface area contributed by atoms with Gasteiger partial charge in [0.2, 0.25) is 0 Å². The van der Waals surface area contributed by atoms with Gasteiger partial charge in [-0.15, -0.1) is 0 Å². The van der Waals surface area contributed by atoms with Crippen LogP contribution in [0.25, 0.3) is 0 Å². The second-order valence-electron chi connectivity index (χ2n) is 3.62. The van der Waals surface area contributed by atoms with E-state index in [1.165, 1.54) is 13.3 Å². The van der Waals surface area contributed by atoms with Crippen LogP contribution in [0.3, 0.4) is 0 Å². The number of hydrogen-bond donors (Lipinski definition) is 2. The van der Waals surface area contributed by atoms with Crippen molar-refractivity contribution in [1.82, 2.24) is 10.2 Å². The van der Waals surface area contributed by atoms with E-state index in [2.05, 4.69) is 22.4 Å². The smallest absolute Gasteiger partial charge is 0.251 e. The number of carbonyl (C=O) groups is 1. The summed E-state index contributed by atoms with van der Waals surface area (Å²) in [5.41, 5.74) is 0. The van der Waals surface area contributed by atoms with Gasteiger partial charge in [-0.25, -0.2) is 0 Å². The van der Waals surface area contributed by atoms with E-state index >= 15 is 0 Å². The average molecular weight is 241 g/mol. The summed E-state index contributed by atoms with van der Waals surface area (Å²) >= 11 is 0. The van der Waals surface area contributed by atoms with Gasteiger partial charge in [-0.1, -0.05) is 19.8 Å². The molecule has 0 spiro atoms. The molecule has 0 bridgehead atoms. The van der Waals surface area contributed by atoms with E-state index in [9.17, 15) is 4.79 Å². The first kappa shape index (κ1) is 13.5. The van der Waals surface area contributed by atoms with Crippen molar-refractivity contribution >= 4 is 11.7 Å². The van der Waals surface area contributed by atoms with Crippen molar-refractivity contribution in [2.45, 2.75) is 26.2 Å². The largest absolute Gasteiger partial charge is 0.491 e. The number of anilines is 1. The van der Waals surface area contributed by atoms with Gasteiger partial charge in [0.25, 0.3) is 5.91 Å². The fourth-order valence-corrected chi connectivity index (χ4v) is 1.31. The first-order valence-electron chi connectivity index (χ1n) is 5.72. The molecule has 6 heteroatoms. The lowest BCUT2D eigenvalue weighted by molar-refractivity contribution is -0.120. The van der Waals surface area contributed by atoms with Crippen LogP contribution in [0, 0.1) is 0 Å². The van der Waals surface area contributed by atoms with Gasteiger partial charge in [0.1, 0.15) is 6.61 Å². The molecule has 0 saturated heterocycles. The molecule has 2 N–H and O–H groups in total. The third kappa shape index (κ3) is 4.86. The minimum atomic E-state index is -0.218. The number of amides is 1. The number of methoxy groups -OCH3 is 1. The van der Waals surface area contributed by atoms with Crippen LogP contribution in [0.4, 0.5) is 5.82 Å². The number of aromatic amines is 1. The number of rotatable bonds is 8. The minimum Gasteiger partial charge on any atom is -0.491 e. The zero-order chi connectivity index (χ0) is 12.5. The van der Waals surface area contributed by atoms with E-state index < -0.39 is 0 Å². The van der Waals surface area contributed by atoms with Crippen molar-refractivity contribution in [2.75, 3.05) is 25.6 Å². The highest BCUT2D eigenvalue weighted by Crippen LogP contribution is 2.19. The molecule has 1 amide bonds. The van der Waals surface area contributed by atoms with Crippen LogP contribution in [-0.4, -0.2) is 36.4 Å². The lowest BCUT2D eigenvalue weighted by atomic mass is 10.3. The summed E-state index contributed by atoms with van der Waals surface area (Å²) in [5.74, 6) is 0.739. The maximum absolute atomic E-state index is 11.5. The van der Waals surface area contributed by atoms with Crippen molar-refractivity contribution < 1.29 is 14.3 Å². The second kappa shape index (κ2) is 7.67. The molecule has 96 valence electrons. The molecule has 0 saturated carbocycles. The quantitative estimate of drug-likeness (QED) is 0.677. The first-order valence-corrected chi connectivity index (χ1v) is 5.72. The van der Waals surface area contributed by atoms with Gasteiger partial charge in [-0.2, -0.15) is 5.10 Å². The van der Waals surface area contributed by atoms with Crippen LogP contribution in [0.1, 0.15) is 26.2 Å². The number of nitrogens with one attached hydrogen (secondary N) is 2. The summed E-state index contributed by atoms with van der Waals surface area (Å²) < 4.78 is 10.2. The van der Waals surface area contributed by atoms with E-state index in [0.717, 1.165) is 19.3 Å². The number of carbonyl (C=O) groups excluding carboxylic acids is 1. The Morgan fingerprint density at radius 2 is 2.35 bits per heavy atom. The van der Waals surface area contributed by atoms with Gasteiger partial charge in [0, 0.05) is 6.61 Å². The third-order valence-electron chi connectivity index (χ3n) is 2.21. The standard InChI is InChI=1S/C11H19N3O3/c1-3-4-5-6-17-8-10(15)13-11-9(16-2)7-12-14-11/h7H,3-6,8H2,1-2H3,(H2,12,13,14,15). The maximum atomic E-state index is 11.5. The molecule has 0 atom stereocenters. The Morgan fingerprint density at radius 1 is 1.53 bits per heavy atom. The molecule has 0 fully saturated rings. The molecular formula is C11H19N3O3. The van der Waals surface area contributed by atoms with Gasteiger partial charge in [0.05, 0.1) is 13.3 Å². The number of nitrogens with zero attached hydrogens (tertiary/aromatic N) is 1. The van der Waals surface area contributed by atoms with Crippen molar-refractivity contribution in [2.24, 2.45) is 0 Å². The van der Waals surface area contributed by atoms with E-state index in [1.807, 2.05) is 0 Å². The van der Waals surface area contributed by atoms with Crippen LogP contribution in [-0.2, 0) is 9.53 Å². The van der Waals surface area contributed by atoms with Crippen molar-refractivity contribution in [3.63, 3.8) is 0 Å². The van der Waals surface area contributed by atoms with Gasteiger partial charge in [-0.3, -0.25) is 9.89 Å². The molecule has 0 aromatic carbocycles. The van der Waals surface area contributed by atoms with Crippen molar-refractivity contribution in [3.8, 4) is 5.75 Å². The minimum absolute atomic E-state index is 0.0475. The van der Waals surface area contributed by atoms with E-state index in [1.54, 1.807) is 0 Å². The zero-order valence-corrected chi connectivity index (χ0v) is 10.3. The van der Waals surface area contributed by atoms with Gasteiger partial charge >= 0.3 is 0 Å². The van der Waals surface area contributed by atoms with Crippen molar-refractivity contribution in [1.29, 1.82) is 0 Å².